The summed E-state index contributed by atoms with van der Waals surface area (Å²) in [4.78, 5) is -0.831. The summed E-state index contributed by atoms with van der Waals surface area (Å²) in [6.07, 6.45) is 1.32. The van der Waals surface area contributed by atoms with Crippen molar-refractivity contribution in [3.05, 3.63) is 64.5 Å². The van der Waals surface area contributed by atoms with Gasteiger partial charge >= 0.3 is 0 Å². The summed E-state index contributed by atoms with van der Waals surface area (Å²) in [5, 5.41) is 0. The largest absolute Gasteiger partial charge is 0.246 e. The molecule has 0 aromatic heterocycles. The lowest BCUT2D eigenvalue weighted by Crippen LogP contribution is -2.33. The molecule has 0 N–H and O–H groups in total. The zero-order valence-electron chi connectivity index (χ0n) is 13.9. The van der Waals surface area contributed by atoms with Crippen molar-refractivity contribution in [2.45, 2.75) is 44.2 Å². The molecule has 1 aliphatic carbocycles. The van der Waals surface area contributed by atoms with Crippen LogP contribution in [0.3, 0.4) is 0 Å². The van der Waals surface area contributed by atoms with E-state index < -0.39 is 32.4 Å². The van der Waals surface area contributed by atoms with Crippen LogP contribution in [0.15, 0.2) is 35.2 Å². The Morgan fingerprint density at radius 2 is 1.68 bits per heavy atom. The summed E-state index contributed by atoms with van der Waals surface area (Å²) in [5.41, 5.74) is 2.86. The van der Waals surface area contributed by atoms with Crippen LogP contribution in [-0.4, -0.2) is 18.8 Å². The summed E-state index contributed by atoms with van der Waals surface area (Å²) < 4.78 is 67.5. The van der Waals surface area contributed by atoms with Gasteiger partial charge in [-0.2, -0.15) is 4.31 Å². The Balaban J connectivity index is 2.00. The molecule has 1 aliphatic rings. The first-order valence-electron chi connectivity index (χ1n) is 7.93. The number of sulfonamides is 1. The molecule has 2 aromatic rings. The fourth-order valence-corrected chi connectivity index (χ4v) is 4.42. The molecule has 3 rings (SSSR count). The minimum atomic E-state index is -4.28. The second-order valence-electron chi connectivity index (χ2n) is 6.37. The molecular formula is C18H18F3NO2S. The quantitative estimate of drug-likeness (QED) is 0.745. The highest BCUT2D eigenvalue weighted by molar-refractivity contribution is 7.89. The van der Waals surface area contributed by atoms with Gasteiger partial charge in [-0.15, -0.1) is 0 Å². The van der Waals surface area contributed by atoms with Crippen molar-refractivity contribution < 1.29 is 21.6 Å². The van der Waals surface area contributed by atoms with Gasteiger partial charge in [0.2, 0.25) is 10.0 Å². The minimum Gasteiger partial charge on any atom is -0.207 e. The van der Waals surface area contributed by atoms with Crippen LogP contribution in [0.25, 0.3) is 0 Å². The van der Waals surface area contributed by atoms with Crippen LogP contribution in [-0.2, 0) is 16.6 Å². The molecule has 25 heavy (non-hydrogen) atoms. The highest BCUT2D eigenvalue weighted by Crippen LogP contribution is 2.35. The number of halogens is 3. The lowest BCUT2D eigenvalue weighted by molar-refractivity contribution is 0.388. The summed E-state index contributed by atoms with van der Waals surface area (Å²) in [7, 11) is -4.28. The number of hydrogen-bond donors (Lipinski definition) is 0. The van der Waals surface area contributed by atoms with Crippen LogP contribution >= 0.6 is 0 Å². The van der Waals surface area contributed by atoms with Gasteiger partial charge in [0.05, 0.1) is 0 Å². The van der Waals surface area contributed by atoms with Gasteiger partial charge < -0.3 is 0 Å². The topological polar surface area (TPSA) is 37.4 Å². The lowest BCUT2D eigenvalue weighted by Gasteiger charge is -2.23. The molecule has 1 fully saturated rings. The zero-order valence-corrected chi connectivity index (χ0v) is 14.7. The maximum absolute atomic E-state index is 14.0. The van der Waals surface area contributed by atoms with Crippen molar-refractivity contribution in [2.75, 3.05) is 0 Å². The maximum Gasteiger partial charge on any atom is 0.246 e. The molecular weight excluding hydrogens is 351 g/mol. The van der Waals surface area contributed by atoms with Crippen molar-refractivity contribution in [3.8, 4) is 0 Å². The average Bonchev–Trinajstić information content (AvgIpc) is 3.38. The van der Waals surface area contributed by atoms with E-state index in [0.717, 1.165) is 22.8 Å². The Labute approximate surface area is 145 Å². The van der Waals surface area contributed by atoms with Crippen molar-refractivity contribution in [1.82, 2.24) is 4.31 Å². The molecule has 134 valence electrons. The summed E-state index contributed by atoms with van der Waals surface area (Å²) in [6.45, 7) is 3.93. The van der Waals surface area contributed by atoms with Crippen molar-refractivity contribution in [3.63, 3.8) is 0 Å². The highest BCUT2D eigenvalue weighted by Gasteiger charge is 2.40. The third-order valence-corrected chi connectivity index (χ3v) is 6.37. The molecule has 0 radical (unpaired) electrons. The lowest BCUT2D eigenvalue weighted by atomic mass is 10.1. The maximum atomic E-state index is 14.0. The van der Waals surface area contributed by atoms with E-state index in [0.29, 0.717) is 18.9 Å². The second-order valence-corrected chi connectivity index (χ2v) is 8.23. The molecule has 0 spiro atoms. The first kappa shape index (κ1) is 17.9. The third kappa shape index (κ3) is 3.43. The van der Waals surface area contributed by atoms with Gasteiger partial charge in [0.25, 0.3) is 0 Å². The second kappa shape index (κ2) is 6.46. The van der Waals surface area contributed by atoms with Gasteiger partial charge in [-0.3, -0.25) is 0 Å². The monoisotopic (exact) mass is 369 g/mol. The first-order valence-corrected chi connectivity index (χ1v) is 9.37. The van der Waals surface area contributed by atoms with Crippen molar-refractivity contribution >= 4 is 10.0 Å². The number of benzene rings is 2. The minimum absolute atomic E-state index is 0.0621. The molecule has 0 atom stereocenters. The molecule has 7 heteroatoms. The zero-order chi connectivity index (χ0) is 18.4. The van der Waals surface area contributed by atoms with E-state index in [1.807, 2.05) is 32.0 Å². The Morgan fingerprint density at radius 3 is 2.28 bits per heavy atom. The summed E-state index contributed by atoms with van der Waals surface area (Å²) in [5.74, 6) is -4.86. The van der Waals surface area contributed by atoms with Crippen LogP contribution in [0.1, 0.15) is 29.5 Å². The van der Waals surface area contributed by atoms with E-state index in [9.17, 15) is 21.6 Å². The van der Waals surface area contributed by atoms with Gasteiger partial charge in [0.15, 0.2) is 17.5 Å². The number of nitrogens with zero attached hydrogens (tertiary/aromatic N) is 1. The van der Waals surface area contributed by atoms with E-state index in [2.05, 4.69) is 0 Å². The Hall–Kier alpha value is -1.86. The highest BCUT2D eigenvalue weighted by atomic mass is 32.2. The predicted octanol–water partition coefficient (Wildman–Crippen LogP) is 4.07. The fraction of sp³-hybridized carbons (Fsp3) is 0.333. The standard InChI is InChI=1S/C18H18F3NO2S/c1-11-3-4-13(9-12(11)2)10-22(14-5-6-14)25(23,24)16-8-7-15(19)17(20)18(16)21/h3-4,7-9,14H,5-6,10H2,1-2H3. The van der Waals surface area contributed by atoms with E-state index in [4.69, 9.17) is 0 Å². The fourth-order valence-electron chi connectivity index (χ4n) is 2.69. The van der Waals surface area contributed by atoms with Gasteiger partial charge in [-0.1, -0.05) is 18.2 Å². The van der Waals surface area contributed by atoms with E-state index in [-0.39, 0.29) is 12.6 Å². The predicted molar refractivity (Wildman–Crippen MR) is 88.0 cm³/mol. The van der Waals surface area contributed by atoms with Gasteiger partial charge in [-0.05, 0) is 55.5 Å². The average molecular weight is 369 g/mol. The Morgan fingerprint density at radius 1 is 1.00 bits per heavy atom. The van der Waals surface area contributed by atoms with E-state index in [1.54, 1.807) is 0 Å². The SMILES string of the molecule is Cc1ccc(CN(C2CC2)S(=O)(=O)c2ccc(F)c(F)c2F)cc1C. The third-order valence-electron chi connectivity index (χ3n) is 4.45. The van der Waals surface area contributed by atoms with Gasteiger partial charge in [0.1, 0.15) is 4.90 Å². The molecule has 0 saturated heterocycles. The summed E-state index contributed by atoms with van der Waals surface area (Å²) >= 11 is 0. The van der Waals surface area contributed by atoms with Crippen molar-refractivity contribution in [1.29, 1.82) is 0 Å². The summed E-state index contributed by atoms with van der Waals surface area (Å²) in [6, 6.07) is 6.74. The molecule has 3 nitrogen and oxygen atoms in total. The Bertz CT molecular complexity index is 924. The van der Waals surface area contributed by atoms with Crippen LogP contribution < -0.4 is 0 Å². The van der Waals surface area contributed by atoms with Gasteiger partial charge in [0, 0.05) is 12.6 Å². The van der Waals surface area contributed by atoms with Crippen LogP contribution in [0, 0.1) is 31.3 Å². The number of aryl methyl sites for hydroxylation is 2. The van der Waals surface area contributed by atoms with E-state index in [1.165, 1.54) is 4.31 Å². The van der Waals surface area contributed by atoms with E-state index >= 15 is 0 Å². The molecule has 0 heterocycles. The smallest absolute Gasteiger partial charge is 0.207 e. The normalized spacial score (nSPS) is 15.0. The number of hydrogen-bond acceptors (Lipinski definition) is 2. The molecule has 0 aliphatic heterocycles. The molecule has 2 aromatic carbocycles. The number of rotatable bonds is 5. The van der Waals surface area contributed by atoms with Crippen LogP contribution in [0.2, 0.25) is 0 Å². The molecule has 1 saturated carbocycles. The van der Waals surface area contributed by atoms with Gasteiger partial charge in [-0.25, -0.2) is 21.6 Å². The first-order chi connectivity index (χ1) is 11.7. The molecule has 0 amide bonds. The van der Waals surface area contributed by atoms with Crippen molar-refractivity contribution in [2.24, 2.45) is 0 Å². The molecule has 0 unspecified atom stereocenters. The Kier molecular flexibility index (Phi) is 4.64. The molecule has 0 bridgehead atoms. The van der Waals surface area contributed by atoms with Crippen LogP contribution in [0.5, 0.6) is 0 Å². The van der Waals surface area contributed by atoms with Crippen LogP contribution in [0.4, 0.5) is 13.2 Å².